The van der Waals surface area contributed by atoms with Crippen molar-refractivity contribution in [1.29, 1.82) is 0 Å². The Kier molecular flexibility index (Phi) is 2.86. The Labute approximate surface area is 101 Å². The van der Waals surface area contributed by atoms with Crippen LogP contribution in [0.5, 0.6) is 0 Å². The number of carboxylic acids is 1. The van der Waals surface area contributed by atoms with Gasteiger partial charge in [0.1, 0.15) is 0 Å². The molecule has 1 N–H and O–H groups in total. The van der Waals surface area contributed by atoms with Gasteiger partial charge in [0.2, 0.25) is 5.91 Å². The summed E-state index contributed by atoms with van der Waals surface area (Å²) in [6.07, 6.45) is -0.250. The van der Waals surface area contributed by atoms with E-state index in [2.05, 4.69) is 0 Å². The summed E-state index contributed by atoms with van der Waals surface area (Å²) in [7, 11) is 0. The number of benzene rings is 1. The second-order valence-corrected chi connectivity index (χ2v) is 3.87. The summed E-state index contributed by atoms with van der Waals surface area (Å²) in [5.41, 5.74) is 0.302. The number of anilines is 1. The van der Waals surface area contributed by atoms with Crippen LogP contribution < -0.4 is 4.90 Å². The molecule has 1 aliphatic rings. The monoisotopic (exact) mass is 253 g/mol. The minimum atomic E-state index is -1.19. The van der Waals surface area contributed by atoms with Crippen molar-refractivity contribution in [2.75, 3.05) is 4.90 Å². The largest absolute Gasteiger partial charge is 0.478 e. The summed E-state index contributed by atoms with van der Waals surface area (Å²) >= 11 is 0. The summed E-state index contributed by atoms with van der Waals surface area (Å²) in [6, 6.07) is 2.98. The Balaban J connectivity index is 2.47. The van der Waals surface area contributed by atoms with Crippen molar-refractivity contribution >= 4 is 17.6 Å². The average molecular weight is 253 g/mol. The van der Waals surface area contributed by atoms with E-state index in [0.717, 1.165) is 17.0 Å². The molecule has 0 unspecified atom stereocenters. The molecule has 0 saturated heterocycles. The van der Waals surface area contributed by atoms with Gasteiger partial charge in [-0.15, -0.1) is 0 Å². The van der Waals surface area contributed by atoms with Crippen LogP contribution in [0.1, 0.15) is 13.3 Å². The van der Waals surface area contributed by atoms with Crippen LogP contribution in [0.4, 0.5) is 14.5 Å². The first-order valence-corrected chi connectivity index (χ1v) is 5.13. The zero-order valence-corrected chi connectivity index (χ0v) is 9.41. The lowest BCUT2D eigenvalue weighted by molar-refractivity contribution is -0.133. The summed E-state index contributed by atoms with van der Waals surface area (Å²) in [5.74, 6) is -3.77. The molecule has 1 amide bonds. The second kappa shape index (κ2) is 4.21. The van der Waals surface area contributed by atoms with Crippen LogP contribution in [-0.2, 0) is 9.59 Å². The van der Waals surface area contributed by atoms with Gasteiger partial charge in [-0.2, -0.15) is 0 Å². The zero-order valence-electron chi connectivity index (χ0n) is 9.41. The van der Waals surface area contributed by atoms with E-state index < -0.39 is 23.5 Å². The van der Waals surface area contributed by atoms with E-state index >= 15 is 0 Å². The fourth-order valence-corrected chi connectivity index (χ4v) is 1.87. The number of allylic oxidation sites excluding steroid dienone is 1. The van der Waals surface area contributed by atoms with Crippen LogP contribution in [0.3, 0.4) is 0 Å². The van der Waals surface area contributed by atoms with Crippen molar-refractivity contribution in [1.82, 2.24) is 0 Å². The number of hydrogen-bond acceptors (Lipinski definition) is 2. The van der Waals surface area contributed by atoms with Gasteiger partial charge in [-0.3, -0.25) is 9.69 Å². The van der Waals surface area contributed by atoms with Gasteiger partial charge >= 0.3 is 5.97 Å². The molecule has 0 bridgehead atoms. The highest BCUT2D eigenvalue weighted by Crippen LogP contribution is 2.30. The molecular formula is C12H9F2NO3. The smallest absolute Gasteiger partial charge is 0.333 e. The Morgan fingerprint density at radius 2 is 2.00 bits per heavy atom. The maximum atomic E-state index is 13.1. The fourth-order valence-electron chi connectivity index (χ4n) is 1.87. The van der Waals surface area contributed by atoms with E-state index in [4.69, 9.17) is 5.11 Å². The van der Waals surface area contributed by atoms with Gasteiger partial charge in [0.05, 0.1) is 17.7 Å². The lowest BCUT2D eigenvalue weighted by Gasteiger charge is -2.18. The van der Waals surface area contributed by atoms with Crippen LogP contribution in [0, 0.1) is 11.6 Å². The quantitative estimate of drug-likeness (QED) is 0.877. The topological polar surface area (TPSA) is 57.6 Å². The van der Waals surface area contributed by atoms with Crippen molar-refractivity contribution in [3.05, 3.63) is 41.1 Å². The van der Waals surface area contributed by atoms with Gasteiger partial charge in [-0.05, 0) is 19.1 Å². The number of nitrogens with zero attached hydrogens (tertiary/aromatic N) is 1. The molecule has 0 fully saturated rings. The number of aliphatic carboxylic acids is 1. The van der Waals surface area contributed by atoms with E-state index in [9.17, 15) is 18.4 Å². The van der Waals surface area contributed by atoms with Crippen molar-refractivity contribution in [2.24, 2.45) is 0 Å². The Morgan fingerprint density at radius 1 is 1.33 bits per heavy atom. The summed E-state index contributed by atoms with van der Waals surface area (Å²) in [5, 5.41) is 8.89. The number of carbonyl (C=O) groups excluding carboxylic acids is 1. The number of hydrogen-bond donors (Lipinski definition) is 1. The minimum absolute atomic E-state index is 0.0373. The van der Waals surface area contributed by atoms with Crippen LogP contribution in [0.15, 0.2) is 29.5 Å². The molecule has 1 aromatic carbocycles. The van der Waals surface area contributed by atoms with Crippen molar-refractivity contribution in [3.63, 3.8) is 0 Å². The SMILES string of the molecule is CC1=C(C(=O)O)CC(=O)N1c1ccc(F)c(F)c1. The molecule has 0 atom stereocenters. The van der Waals surface area contributed by atoms with Gasteiger partial charge < -0.3 is 5.11 Å². The molecule has 6 heteroatoms. The van der Waals surface area contributed by atoms with Crippen molar-refractivity contribution < 1.29 is 23.5 Å². The van der Waals surface area contributed by atoms with Crippen molar-refractivity contribution in [2.45, 2.75) is 13.3 Å². The number of halogens is 2. The van der Waals surface area contributed by atoms with E-state index in [-0.39, 0.29) is 23.4 Å². The summed E-state index contributed by atoms with van der Waals surface area (Å²) in [4.78, 5) is 23.7. The molecule has 0 saturated carbocycles. The first-order chi connectivity index (χ1) is 8.41. The fraction of sp³-hybridized carbons (Fsp3) is 0.167. The van der Waals surface area contributed by atoms with E-state index in [1.54, 1.807) is 0 Å². The maximum Gasteiger partial charge on any atom is 0.333 e. The Hall–Kier alpha value is -2.24. The number of carboxylic acid groups (broad SMARTS) is 1. The first kappa shape index (κ1) is 12.2. The average Bonchev–Trinajstić information content (AvgIpc) is 2.59. The van der Waals surface area contributed by atoms with Gasteiger partial charge in [0, 0.05) is 11.8 Å². The third-order valence-electron chi connectivity index (χ3n) is 2.77. The predicted molar refractivity (Wildman–Crippen MR) is 58.8 cm³/mol. The number of carbonyl (C=O) groups is 2. The zero-order chi connectivity index (χ0) is 13.4. The highest BCUT2D eigenvalue weighted by atomic mass is 19.2. The minimum Gasteiger partial charge on any atom is -0.478 e. The molecule has 1 heterocycles. The summed E-state index contributed by atoms with van der Waals surface area (Å²) in [6.45, 7) is 1.45. The molecular weight excluding hydrogens is 244 g/mol. The van der Waals surface area contributed by atoms with Crippen LogP contribution in [0.2, 0.25) is 0 Å². The molecule has 18 heavy (non-hydrogen) atoms. The Morgan fingerprint density at radius 3 is 2.50 bits per heavy atom. The van der Waals surface area contributed by atoms with Gasteiger partial charge in [0.15, 0.2) is 11.6 Å². The van der Waals surface area contributed by atoms with E-state index in [0.29, 0.717) is 0 Å². The van der Waals surface area contributed by atoms with Gasteiger partial charge in [0.25, 0.3) is 0 Å². The van der Waals surface area contributed by atoms with Gasteiger partial charge in [-0.1, -0.05) is 0 Å². The lowest BCUT2D eigenvalue weighted by atomic mass is 10.2. The predicted octanol–water partition coefficient (Wildman–Crippen LogP) is 2.06. The molecule has 0 aliphatic carbocycles. The molecule has 1 aromatic rings. The van der Waals surface area contributed by atoms with Crippen LogP contribution in [0.25, 0.3) is 0 Å². The molecule has 0 spiro atoms. The molecule has 1 aliphatic heterocycles. The lowest BCUT2D eigenvalue weighted by Crippen LogP contribution is -2.23. The van der Waals surface area contributed by atoms with E-state index in [1.165, 1.54) is 13.0 Å². The van der Waals surface area contributed by atoms with Crippen molar-refractivity contribution in [3.8, 4) is 0 Å². The molecule has 94 valence electrons. The number of amides is 1. The van der Waals surface area contributed by atoms with E-state index in [1.807, 2.05) is 0 Å². The highest BCUT2D eigenvalue weighted by Gasteiger charge is 2.32. The third-order valence-corrected chi connectivity index (χ3v) is 2.77. The van der Waals surface area contributed by atoms with Gasteiger partial charge in [-0.25, -0.2) is 13.6 Å². The maximum absolute atomic E-state index is 13.1. The normalized spacial score (nSPS) is 15.5. The molecule has 4 nitrogen and oxygen atoms in total. The summed E-state index contributed by atoms with van der Waals surface area (Å²) < 4.78 is 25.9. The third kappa shape index (κ3) is 1.85. The van der Waals surface area contributed by atoms with Crippen LogP contribution in [-0.4, -0.2) is 17.0 Å². The molecule has 0 aromatic heterocycles. The standard InChI is InChI=1S/C12H9F2NO3/c1-6-8(12(17)18)5-11(16)15(6)7-2-3-9(13)10(14)4-7/h2-4H,5H2,1H3,(H,17,18). The Bertz CT molecular complexity index is 581. The number of rotatable bonds is 2. The molecule has 0 radical (unpaired) electrons. The second-order valence-electron chi connectivity index (χ2n) is 3.87. The van der Waals surface area contributed by atoms with Crippen LogP contribution >= 0.6 is 0 Å². The molecule has 2 rings (SSSR count). The first-order valence-electron chi connectivity index (χ1n) is 5.13. The highest BCUT2D eigenvalue weighted by molar-refractivity contribution is 6.08.